The smallest absolute Gasteiger partial charge is 0.251 e. The Morgan fingerprint density at radius 2 is 1.67 bits per heavy atom. The summed E-state index contributed by atoms with van der Waals surface area (Å²) < 4.78 is 11.6. The number of benzene rings is 2. The number of carbonyl (C=O) groups is 1. The van der Waals surface area contributed by atoms with Crippen LogP contribution in [0.5, 0.6) is 11.5 Å². The molecule has 2 N–H and O–H groups in total. The van der Waals surface area contributed by atoms with Gasteiger partial charge >= 0.3 is 0 Å². The van der Waals surface area contributed by atoms with E-state index in [1.807, 2.05) is 30.3 Å². The van der Waals surface area contributed by atoms with Crippen molar-refractivity contribution < 1.29 is 19.4 Å². The van der Waals surface area contributed by atoms with Crippen molar-refractivity contribution in [2.75, 3.05) is 19.8 Å². The lowest BCUT2D eigenvalue weighted by molar-refractivity contribution is 0.00439. The number of para-hydroxylation sites is 1. The maximum atomic E-state index is 12.1. The molecule has 1 saturated carbocycles. The van der Waals surface area contributed by atoms with Crippen LogP contribution in [-0.4, -0.2) is 36.9 Å². The molecule has 0 bridgehead atoms. The van der Waals surface area contributed by atoms with E-state index in [0.29, 0.717) is 31.2 Å². The lowest BCUT2D eigenvalue weighted by atomic mass is 9.87. The van der Waals surface area contributed by atoms with E-state index < -0.39 is 0 Å². The molecular formula is C22H27NO4. The monoisotopic (exact) mass is 369 g/mol. The van der Waals surface area contributed by atoms with Gasteiger partial charge in [-0.05, 0) is 68.0 Å². The van der Waals surface area contributed by atoms with Crippen LogP contribution in [0.25, 0.3) is 0 Å². The number of hydrogen-bond acceptors (Lipinski definition) is 4. The van der Waals surface area contributed by atoms with E-state index in [2.05, 4.69) is 5.32 Å². The summed E-state index contributed by atoms with van der Waals surface area (Å²) in [5, 5.41) is 12.3. The number of aromatic hydroxyl groups is 1. The maximum Gasteiger partial charge on any atom is 0.251 e. The minimum Gasteiger partial charge on any atom is -0.508 e. The van der Waals surface area contributed by atoms with Gasteiger partial charge in [0.15, 0.2) is 0 Å². The van der Waals surface area contributed by atoms with E-state index in [0.717, 1.165) is 31.4 Å². The summed E-state index contributed by atoms with van der Waals surface area (Å²) >= 11 is 0. The third kappa shape index (κ3) is 6.29. The molecule has 0 unspecified atom stereocenters. The second kappa shape index (κ2) is 9.97. The average molecular weight is 369 g/mol. The highest BCUT2D eigenvalue weighted by Crippen LogP contribution is 2.26. The zero-order valence-corrected chi connectivity index (χ0v) is 15.5. The molecule has 5 heteroatoms. The first-order valence-corrected chi connectivity index (χ1v) is 9.57. The molecule has 144 valence electrons. The van der Waals surface area contributed by atoms with Gasteiger partial charge in [-0.3, -0.25) is 4.79 Å². The zero-order valence-electron chi connectivity index (χ0n) is 15.5. The number of amides is 1. The Labute approximate surface area is 160 Å². The predicted molar refractivity (Wildman–Crippen MR) is 104 cm³/mol. The second-order valence-electron chi connectivity index (χ2n) is 6.93. The first-order valence-electron chi connectivity index (χ1n) is 9.57. The molecule has 3 rings (SSSR count). The SMILES string of the molecule is O=C(NCC1CCC(OCCOc2ccccc2)CC1)c1ccc(O)cc1. The lowest BCUT2D eigenvalue weighted by Crippen LogP contribution is -2.33. The molecule has 1 aliphatic carbocycles. The Kier molecular flexibility index (Phi) is 7.11. The van der Waals surface area contributed by atoms with E-state index in [-0.39, 0.29) is 17.8 Å². The minimum atomic E-state index is -0.0913. The standard InChI is InChI=1S/C22H27NO4/c24-19-10-8-18(9-11-19)22(25)23-16-17-6-12-21(13-7-17)27-15-14-26-20-4-2-1-3-5-20/h1-5,8-11,17,21,24H,6-7,12-16H2,(H,23,25). The van der Waals surface area contributed by atoms with Gasteiger partial charge in [-0.2, -0.15) is 0 Å². The Hall–Kier alpha value is -2.53. The van der Waals surface area contributed by atoms with Crippen molar-refractivity contribution in [1.82, 2.24) is 5.32 Å². The van der Waals surface area contributed by atoms with Crippen LogP contribution in [0.2, 0.25) is 0 Å². The van der Waals surface area contributed by atoms with Crippen LogP contribution >= 0.6 is 0 Å². The highest BCUT2D eigenvalue weighted by Gasteiger charge is 2.22. The molecular weight excluding hydrogens is 342 g/mol. The molecule has 1 fully saturated rings. The van der Waals surface area contributed by atoms with Crippen LogP contribution in [0.3, 0.4) is 0 Å². The van der Waals surface area contributed by atoms with Crippen LogP contribution in [0, 0.1) is 5.92 Å². The lowest BCUT2D eigenvalue weighted by Gasteiger charge is -2.28. The third-order valence-electron chi connectivity index (χ3n) is 4.92. The summed E-state index contributed by atoms with van der Waals surface area (Å²) in [5.74, 6) is 1.44. The van der Waals surface area contributed by atoms with Crippen molar-refractivity contribution in [3.63, 3.8) is 0 Å². The number of phenols is 1. The van der Waals surface area contributed by atoms with Gasteiger partial charge in [-0.15, -0.1) is 0 Å². The number of phenolic OH excluding ortho intramolecular Hbond substituents is 1. The molecule has 0 heterocycles. The first-order chi connectivity index (χ1) is 13.2. The van der Waals surface area contributed by atoms with E-state index in [1.165, 1.54) is 12.1 Å². The Bertz CT molecular complexity index is 694. The van der Waals surface area contributed by atoms with Crippen LogP contribution in [0.4, 0.5) is 0 Å². The number of rotatable bonds is 8. The molecule has 0 spiro atoms. The van der Waals surface area contributed by atoms with Gasteiger partial charge in [0.05, 0.1) is 12.7 Å². The fraction of sp³-hybridized carbons (Fsp3) is 0.409. The van der Waals surface area contributed by atoms with Gasteiger partial charge in [0.2, 0.25) is 0 Å². The molecule has 27 heavy (non-hydrogen) atoms. The molecule has 2 aromatic carbocycles. The quantitative estimate of drug-likeness (QED) is 0.695. The molecule has 0 aliphatic heterocycles. The van der Waals surface area contributed by atoms with Gasteiger partial charge in [0.1, 0.15) is 18.1 Å². The Balaban J connectivity index is 1.28. The van der Waals surface area contributed by atoms with Crippen LogP contribution < -0.4 is 10.1 Å². The van der Waals surface area contributed by atoms with E-state index in [9.17, 15) is 9.90 Å². The van der Waals surface area contributed by atoms with Gasteiger partial charge in [-0.25, -0.2) is 0 Å². The Morgan fingerprint density at radius 1 is 0.963 bits per heavy atom. The fourth-order valence-electron chi connectivity index (χ4n) is 3.35. The maximum absolute atomic E-state index is 12.1. The summed E-state index contributed by atoms with van der Waals surface area (Å²) in [6.45, 7) is 1.85. The van der Waals surface area contributed by atoms with Gasteiger partial charge in [0.25, 0.3) is 5.91 Å². The molecule has 1 aliphatic rings. The summed E-state index contributed by atoms with van der Waals surface area (Å²) in [5.41, 5.74) is 0.572. The number of nitrogens with one attached hydrogen (secondary N) is 1. The molecule has 0 radical (unpaired) electrons. The molecule has 5 nitrogen and oxygen atoms in total. The normalized spacial score (nSPS) is 19.4. The van der Waals surface area contributed by atoms with E-state index in [1.54, 1.807) is 12.1 Å². The Morgan fingerprint density at radius 3 is 2.37 bits per heavy atom. The van der Waals surface area contributed by atoms with E-state index in [4.69, 9.17) is 9.47 Å². The van der Waals surface area contributed by atoms with Crippen LogP contribution in [0.1, 0.15) is 36.0 Å². The summed E-state index contributed by atoms with van der Waals surface area (Å²) in [6, 6.07) is 16.1. The number of hydrogen-bond donors (Lipinski definition) is 2. The number of carbonyl (C=O) groups excluding carboxylic acids is 1. The molecule has 0 atom stereocenters. The highest BCUT2D eigenvalue weighted by atomic mass is 16.5. The zero-order chi connectivity index (χ0) is 18.9. The van der Waals surface area contributed by atoms with Crippen molar-refractivity contribution in [1.29, 1.82) is 0 Å². The fourth-order valence-corrected chi connectivity index (χ4v) is 3.35. The van der Waals surface area contributed by atoms with Crippen molar-refractivity contribution in [2.24, 2.45) is 5.92 Å². The van der Waals surface area contributed by atoms with Crippen molar-refractivity contribution >= 4 is 5.91 Å². The van der Waals surface area contributed by atoms with E-state index >= 15 is 0 Å². The summed E-state index contributed by atoms with van der Waals surface area (Å²) in [6.07, 6.45) is 4.43. The first kappa shape index (κ1) is 19.2. The highest BCUT2D eigenvalue weighted by molar-refractivity contribution is 5.94. The molecule has 1 amide bonds. The van der Waals surface area contributed by atoms with Crippen molar-refractivity contribution in [2.45, 2.75) is 31.8 Å². The van der Waals surface area contributed by atoms with Gasteiger partial charge in [0, 0.05) is 12.1 Å². The molecule has 2 aromatic rings. The molecule has 0 saturated heterocycles. The van der Waals surface area contributed by atoms with Crippen LogP contribution in [-0.2, 0) is 4.74 Å². The average Bonchev–Trinajstić information content (AvgIpc) is 2.71. The van der Waals surface area contributed by atoms with Crippen molar-refractivity contribution in [3.05, 3.63) is 60.2 Å². The number of ether oxygens (including phenoxy) is 2. The summed E-state index contributed by atoms with van der Waals surface area (Å²) in [4.78, 5) is 12.1. The van der Waals surface area contributed by atoms with Gasteiger partial charge < -0.3 is 19.9 Å². The van der Waals surface area contributed by atoms with Crippen molar-refractivity contribution in [3.8, 4) is 11.5 Å². The molecule has 0 aromatic heterocycles. The second-order valence-corrected chi connectivity index (χ2v) is 6.93. The van der Waals surface area contributed by atoms with Gasteiger partial charge in [-0.1, -0.05) is 18.2 Å². The minimum absolute atomic E-state index is 0.0913. The third-order valence-corrected chi connectivity index (χ3v) is 4.92. The topological polar surface area (TPSA) is 67.8 Å². The van der Waals surface area contributed by atoms with Crippen LogP contribution in [0.15, 0.2) is 54.6 Å². The predicted octanol–water partition coefficient (Wildman–Crippen LogP) is 3.78. The summed E-state index contributed by atoms with van der Waals surface area (Å²) in [7, 11) is 0. The largest absolute Gasteiger partial charge is 0.508 e.